The van der Waals surface area contributed by atoms with E-state index < -0.39 is 10.0 Å². The smallest absolute Gasteiger partial charge is 0.299 e. The summed E-state index contributed by atoms with van der Waals surface area (Å²) in [6, 6.07) is 5.77. The molecule has 28 heavy (non-hydrogen) atoms. The Bertz CT molecular complexity index is 1120. The first kappa shape index (κ1) is 21.1. The number of hydrogen-bond acceptors (Lipinski definition) is 5. The first-order valence-electron chi connectivity index (χ1n) is 8.55. The maximum atomic E-state index is 12.9. The number of rotatable bonds is 4. The van der Waals surface area contributed by atoms with Gasteiger partial charge in [-0.15, -0.1) is 0 Å². The van der Waals surface area contributed by atoms with Gasteiger partial charge in [-0.3, -0.25) is 18.8 Å². The Kier molecular flexibility index (Phi) is 6.02. The molecule has 0 amide bonds. The lowest BCUT2D eigenvalue weighted by Crippen LogP contribution is -2.49. The summed E-state index contributed by atoms with van der Waals surface area (Å²) in [5, 5.41) is 0.426. The second-order valence-electron chi connectivity index (χ2n) is 6.63. The Hall–Kier alpha value is -1.65. The summed E-state index contributed by atoms with van der Waals surface area (Å²) in [6.45, 7) is 1.84. The molecule has 1 aromatic carbocycles. The second-order valence-corrected chi connectivity index (χ2v) is 9.38. The summed E-state index contributed by atoms with van der Waals surface area (Å²) in [6.07, 6.45) is 0. The lowest BCUT2D eigenvalue weighted by atomic mass is 10.3. The molecule has 152 valence electrons. The predicted molar refractivity (Wildman–Crippen MR) is 107 cm³/mol. The normalized spacial score (nSPS) is 16.4. The summed E-state index contributed by atoms with van der Waals surface area (Å²) in [4.78, 5) is 25.9. The van der Waals surface area contributed by atoms with Crippen LogP contribution in [0.3, 0.4) is 0 Å². The second kappa shape index (κ2) is 8.00. The summed E-state index contributed by atoms with van der Waals surface area (Å²) >= 11 is 12.0. The van der Waals surface area contributed by atoms with Gasteiger partial charge in [0.15, 0.2) is 0 Å². The molecule has 1 aliphatic heterocycles. The van der Waals surface area contributed by atoms with Gasteiger partial charge in [0, 0.05) is 63.6 Å². The van der Waals surface area contributed by atoms with Gasteiger partial charge in [-0.05, 0) is 18.2 Å². The molecule has 0 radical (unpaired) electrons. The average molecular weight is 447 g/mol. The number of sulfonamides is 1. The highest BCUT2D eigenvalue weighted by molar-refractivity contribution is 7.89. The quantitative estimate of drug-likeness (QED) is 0.696. The van der Waals surface area contributed by atoms with Crippen LogP contribution in [0.4, 0.5) is 0 Å². The van der Waals surface area contributed by atoms with E-state index in [1.807, 2.05) is 4.90 Å². The number of piperazine rings is 1. The van der Waals surface area contributed by atoms with Crippen LogP contribution >= 0.6 is 23.2 Å². The molecule has 0 aliphatic carbocycles. The van der Waals surface area contributed by atoms with Crippen LogP contribution in [-0.2, 0) is 30.7 Å². The van der Waals surface area contributed by atoms with E-state index in [1.54, 1.807) is 7.05 Å². The van der Waals surface area contributed by atoms with E-state index >= 15 is 0 Å². The third-order valence-electron chi connectivity index (χ3n) is 4.85. The zero-order valence-corrected chi connectivity index (χ0v) is 17.8. The molecule has 0 N–H and O–H groups in total. The molecule has 0 atom stereocenters. The summed E-state index contributed by atoms with van der Waals surface area (Å²) in [5.74, 6) is 0. The van der Waals surface area contributed by atoms with Crippen molar-refractivity contribution < 1.29 is 8.42 Å². The lowest BCUT2D eigenvalue weighted by Gasteiger charge is -2.34. The first-order chi connectivity index (χ1) is 13.1. The van der Waals surface area contributed by atoms with Crippen LogP contribution in [-0.4, -0.2) is 52.9 Å². The maximum Gasteiger partial charge on any atom is 0.330 e. The van der Waals surface area contributed by atoms with Gasteiger partial charge in [-0.1, -0.05) is 23.2 Å². The molecule has 1 saturated heterocycles. The van der Waals surface area contributed by atoms with Crippen LogP contribution < -0.4 is 11.2 Å². The van der Waals surface area contributed by atoms with Gasteiger partial charge < -0.3 is 0 Å². The Morgan fingerprint density at radius 2 is 1.61 bits per heavy atom. The Morgan fingerprint density at radius 1 is 0.964 bits per heavy atom. The van der Waals surface area contributed by atoms with Crippen LogP contribution in [0.1, 0.15) is 5.69 Å². The van der Waals surface area contributed by atoms with Gasteiger partial charge in [-0.2, -0.15) is 4.31 Å². The highest BCUT2D eigenvalue weighted by Crippen LogP contribution is 2.28. The number of hydrogen-bond donors (Lipinski definition) is 0. The Labute approximate surface area is 172 Å². The van der Waals surface area contributed by atoms with Crippen LogP contribution in [0.25, 0.3) is 0 Å². The molecule has 1 fully saturated rings. The molecule has 2 heterocycles. The van der Waals surface area contributed by atoms with Gasteiger partial charge in [0.25, 0.3) is 5.56 Å². The van der Waals surface area contributed by atoms with Crippen molar-refractivity contribution in [3.8, 4) is 0 Å². The number of aromatic nitrogens is 2. The molecule has 11 heteroatoms. The van der Waals surface area contributed by atoms with Gasteiger partial charge in [0.2, 0.25) is 10.0 Å². The molecule has 3 rings (SSSR count). The van der Waals surface area contributed by atoms with Crippen LogP contribution in [0.2, 0.25) is 10.0 Å². The van der Waals surface area contributed by atoms with E-state index in [0.717, 1.165) is 4.57 Å². The SMILES string of the molecule is Cn1c(CN2CCN(S(=O)(=O)c3cc(Cl)ccc3Cl)CC2)cc(=O)n(C)c1=O. The summed E-state index contributed by atoms with van der Waals surface area (Å²) < 4.78 is 29.6. The Morgan fingerprint density at radius 3 is 2.25 bits per heavy atom. The fraction of sp³-hybridized carbons (Fsp3) is 0.412. The van der Waals surface area contributed by atoms with Crippen molar-refractivity contribution in [1.82, 2.24) is 18.3 Å². The van der Waals surface area contributed by atoms with Crippen LogP contribution in [0.15, 0.2) is 38.8 Å². The lowest BCUT2D eigenvalue weighted by molar-refractivity contribution is 0.177. The summed E-state index contributed by atoms with van der Waals surface area (Å²) in [7, 11) is -0.717. The highest BCUT2D eigenvalue weighted by Gasteiger charge is 2.30. The van der Waals surface area contributed by atoms with E-state index in [2.05, 4.69) is 0 Å². The minimum absolute atomic E-state index is 0.0101. The zero-order valence-electron chi connectivity index (χ0n) is 15.4. The topological polar surface area (TPSA) is 84.6 Å². The van der Waals surface area contributed by atoms with Crippen molar-refractivity contribution >= 4 is 33.2 Å². The van der Waals surface area contributed by atoms with Crippen molar-refractivity contribution in [2.75, 3.05) is 26.2 Å². The molecule has 1 aromatic heterocycles. The molecule has 1 aliphatic rings. The van der Waals surface area contributed by atoms with Crippen molar-refractivity contribution in [2.24, 2.45) is 14.1 Å². The van der Waals surface area contributed by atoms with Crippen molar-refractivity contribution in [2.45, 2.75) is 11.4 Å². The molecule has 8 nitrogen and oxygen atoms in total. The van der Waals surface area contributed by atoms with Gasteiger partial charge in [0.05, 0.1) is 5.02 Å². The Balaban J connectivity index is 1.74. The average Bonchev–Trinajstić information content (AvgIpc) is 2.66. The molecule has 0 unspecified atom stereocenters. The molecular formula is C17H20Cl2N4O4S. The molecule has 0 bridgehead atoms. The minimum atomic E-state index is -3.76. The molecule has 0 saturated carbocycles. The standard InChI is InChI=1S/C17H20Cl2N4O4S/c1-20-13(10-16(24)21(2)17(20)25)11-22-5-7-23(8-6-22)28(26,27)15-9-12(18)3-4-14(15)19/h3-4,9-10H,5-8,11H2,1-2H3. The number of halogens is 2. The third kappa shape index (κ3) is 4.04. The monoisotopic (exact) mass is 446 g/mol. The largest absolute Gasteiger partial charge is 0.330 e. The van der Waals surface area contributed by atoms with Gasteiger partial charge in [-0.25, -0.2) is 13.2 Å². The predicted octanol–water partition coefficient (Wildman–Crippen LogP) is 0.897. The molecule has 2 aromatic rings. The number of nitrogens with zero attached hydrogens (tertiary/aromatic N) is 4. The van der Waals surface area contributed by atoms with E-state index in [9.17, 15) is 18.0 Å². The van der Waals surface area contributed by atoms with Crippen molar-refractivity contribution in [3.63, 3.8) is 0 Å². The highest BCUT2D eigenvalue weighted by atomic mass is 35.5. The van der Waals surface area contributed by atoms with Crippen molar-refractivity contribution in [1.29, 1.82) is 0 Å². The van der Waals surface area contributed by atoms with E-state index in [0.29, 0.717) is 30.4 Å². The van der Waals surface area contributed by atoms with E-state index in [4.69, 9.17) is 23.2 Å². The van der Waals surface area contributed by atoms with Gasteiger partial charge >= 0.3 is 5.69 Å². The first-order valence-corrected chi connectivity index (χ1v) is 10.7. The molecular weight excluding hydrogens is 427 g/mol. The van der Waals surface area contributed by atoms with Gasteiger partial charge in [0.1, 0.15) is 4.90 Å². The van der Waals surface area contributed by atoms with Crippen LogP contribution in [0, 0.1) is 0 Å². The maximum absolute atomic E-state index is 12.9. The fourth-order valence-corrected chi connectivity index (χ4v) is 5.26. The summed E-state index contributed by atoms with van der Waals surface area (Å²) in [5.41, 5.74) is -0.170. The van der Waals surface area contributed by atoms with E-state index in [-0.39, 0.29) is 34.3 Å². The molecule has 0 spiro atoms. The fourth-order valence-electron chi connectivity index (χ4n) is 3.10. The van der Waals surface area contributed by atoms with Crippen molar-refractivity contribution in [3.05, 3.63) is 60.8 Å². The third-order valence-corrected chi connectivity index (χ3v) is 7.47. The zero-order chi connectivity index (χ0) is 20.6. The van der Waals surface area contributed by atoms with Crippen LogP contribution in [0.5, 0.6) is 0 Å². The minimum Gasteiger partial charge on any atom is -0.299 e. The number of benzene rings is 1. The van der Waals surface area contributed by atoms with E-state index in [1.165, 1.54) is 40.2 Å².